The van der Waals surface area contributed by atoms with E-state index >= 15 is 0 Å². The van der Waals surface area contributed by atoms with E-state index in [1.165, 1.54) is 23.1 Å². The van der Waals surface area contributed by atoms with Gasteiger partial charge in [-0.15, -0.1) is 5.10 Å². The molecule has 0 saturated carbocycles. The van der Waals surface area contributed by atoms with Crippen LogP contribution in [0.3, 0.4) is 0 Å². The molecule has 0 fully saturated rings. The summed E-state index contributed by atoms with van der Waals surface area (Å²) in [4.78, 5) is 16.5. The van der Waals surface area contributed by atoms with Crippen LogP contribution in [0.2, 0.25) is 10.0 Å². The van der Waals surface area contributed by atoms with Gasteiger partial charge in [0.25, 0.3) is 5.91 Å². The lowest BCUT2D eigenvalue weighted by Crippen LogP contribution is -2.14. The Morgan fingerprint density at radius 3 is 2.59 bits per heavy atom. The lowest BCUT2D eigenvalue weighted by Gasteiger charge is -2.06. The normalized spacial score (nSPS) is 10.9. The first-order valence-electron chi connectivity index (χ1n) is 8.44. The number of nitrogens with zero attached hydrogens (tertiary/aromatic N) is 4. The van der Waals surface area contributed by atoms with E-state index in [1.54, 1.807) is 36.4 Å². The van der Waals surface area contributed by atoms with Crippen LogP contribution in [0.5, 0.6) is 0 Å². The highest BCUT2D eigenvalue weighted by Crippen LogP contribution is 2.25. The van der Waals surface area contributed by atoms with Gasteiger partial charge in [0.2, 0.25) is 5.95 Å². The van der Waals surface area contributed by atoms with Crippen LogP contribution in [0, 0.1) is 5.82 Å². The quantitative estimate of drug-likeness (QED) is 0.490. The number of hydrogen-bond donors (Lipinski definition) is 2. The molecule has 2 aromatic heterocycles. The number of anilines is 1. The number of amides is 1. The Morgan fingerprint density at radius 1 is 1.14 bits per heavy atom. The van der Waals surface area contributed by atoms with Crippen molar-refractivity contribution in [2.45, 2.75) is 6.54 Å². The van der Waals surface area contributed by atoms with Gasteiger partial charge in [0.15, 0.2) is 0 Å². The number of nitrogens with one attached hydrogen (secondary N) is 2. The van der Waals surface area contributed by atoms with Crippen LogP contribution in [0.25, 0.3) is 11.3 Å². The van der Waals surface area contributed by atoms with Crippen molar-refractivity contribution in [2.75, 3.05) is 5.32 Å². The Kier molecular flexibility index (Phi) is 5.28. The smallest absolute Gasteiger partial charge is 0.276 e. The Balaban J connectivity index is 1.45. The van der Waals surface area contributed by atoms with Crippen LogP contribution in [0.15, 0.2) is 54.9 Å². The highest BCUT2D eigenvalue weighted by Gasteiger charge is 2.14. The predicted octanol–water partition coefficient (Wildman–Crippen LogP) is 4.41. The largest absolute Gasteiger partial charge is 0.288 e. The molecule has 0 spiro atoms. The number of carbonyl (C=O) groups excluding carboxylic acids is 1. The van der Waals surface area contributed by atoms with Gasteiger partial charge in [0.1, 0.15) is 17.8 Å². The average Bonchev–Trinajstić information content (AvgIpc) is 3.35. The molecule has 0 aliphatic heterocycles. The topological polar surface area (TPSA) is 88.5 Å². The average molecular weight is 431 g/mol. The molecule has 0 unspecified atom stereocenters. The van der Waals surface area contributed by atoms with Gasteiger partial charge in [-0.3, -0.25) is 15.2 Å². The fourth-order valence-corrected chi connectivity index (χ4v) is 3.17. The number of halogens is 3. The Morgan fingerprint density at radius 2 is 1.86 bits per heavy atom. The second-order valence-electron chi connectivity index (χ2n) is 6.09. The van der Waals surface area contributed by atoms with Crippen molar-refractivity contribution in [3.05, 3.63) is 82.0 Å². The van der Waals surface area contributed by atoms with Gasteiger partial charge in [-0.1, -0.05) is 29.3 Å². The van der Waals surface area contributed by atoms with Gasteiger partial charge < -0.3 is 0 Å². The van der Waals surface area contributed by atoms with E-state index in [-0.39, 0.29) is 17.5 Å². The minimum absolute atomic E-state index is 0.121. The van der Waals surface area contributed by atoms with Crippen molar-refractivity contribution < 1.29 is 9.18 Å². The van der Waals surface area contributed by atoms with Gasteiger partial charge in [-0.2, -0.15) is 5.10 Å². The molecule has 2 aromatic carbocycles. The van der Waals surface area contributed by atoms with Crippen molar-refractivity contribution in [3.63, 3.8) is 0 Å². The molecule has 146 valence electrons. The van der Waals surface area contributed by atoms with E-state index in [9.17, 15) is 9.18 Å². The van der Waals surface area contributed by atoms with E-state index in [4.69, 9.17) is 23.2 Å². The maximum atomic E-state index is 13.0. The van der Waals surface area contributed by atoms with Crippen LogP contribution in [0.4, 0.5) is 10.3 Å². The standard InChI is InChI=1S/C19H13Cl2FN6O/c20-14-2-1-3-15(21)13(14)9-28-10-23-19(27-28)24-18(29)17-8-16(25-26-17)11-4-6-12(22)7-5-11/h1-8,10H,9H2,(H,25,26)(H,24,27,29). The summed E-state index contributed by atoms with van der Waals surface area (Å²) in [6.45, 7) is 0.306. The Bertz CT molecular complexity index is 1150. The van der Waals surface area contributed by atoms with Gasteiger partial charge in [0.05, 0.1) is 12.2 Å². The van der Waals surface area contributed by atoms with Gasteiger partial charge in [-0.25, -0.2) is 14.1 Å². The number of rotatable bonds is 5. The molecule has 29 heavy (non-hydrogen) atoms. The number of aromatic amines is 1. The molecule has 0 aliphatic carbocycles. The molecule has 0 bridgehead atoms. The molecule has 2 N–H and O–H groups in total. The summed E-state index contributed by atoms with van der Waals surface area (Å²) in [6.07, 6.45) is 1.46. The lowest BCUT2D eigenvalue weighted by molar-refractivity contribution is 0.102. The lowest BCUT2D eigenvalue weighted by atomic mass is 10.1. The molecule has 4 rings (SSSR count). The van der Waals surface area contributed by atoms with Crippen molar-refractivity contribution in [3.8, 4) is 11.3 Å². The number of hydrogen-bond acceptors (Lipinski definition) is 4. The van der Waals surface area contributed by atoms with Crippen LogP contribution >= 0.6 is 23.2 Å². The number of carbonyl (C=O) groups is 1. The van der Waals surface area contributed by atoms with E-state index < -0.39 is 5.91 Å². The summed E-state index contributed by atoms with van der Waals surface area (Å²) in [5.41, 5.74) is 2.12. The second-order valence-corrected chi connectivity index (χ2v) is 6.91. The molecule has 10 heteroatoms. The number of benzene rings is 2. The van der Waals surface area contributed by atoms with Crippen LogP contribution in [0.1, 0.15) is 16.1 Å². The fraction of sp³-hybridized carbons (Fsp3) is 0.0526. The van der Waals surface area contributed by atoms with Crippen molar-refractivity contribution >= 4 is 35.1 Å². The maximum Gasteiger partial charge on any atom is 0.276 e. The van der Waals surface area contributed by atoms with Crippen LogP contribution in [-0.2, 0) is 6.54 Å². The molecule has 4 aromatic rings. The fourth-order valence-electron chi connectivity index (χ4n) is 2.65. The second kappa shape index (κ2) is 8.02. The molecular formula is C19H13Cl2FN6O. The highest BCUT2D eigenvalue weighted by molar-refractivity contribution is 6.35. The van der Waals surface area contributed by atoms with Gasteiger partial charge >= 0.3 is 0 Å². The Hall–Kier alpha value is -3.23. The molecular weight excluding hydrogens is 418 g/mol. The van der Waals surface area contributed by atoms with Crippen LogP contribution < -0.4 is 5.32 Å². The van der Waals surface area contributed by atoms with E-state index in [1.807, 2.05) is 0 Å². The molecule has 0 aliphatic rings. The first-order chi connectivity index (χ1) is 14.0. The molecule has 0 radical (unpaired) electrons. The number of aromatic nitrogens is 5. The third-order valence-corrected chi connectivity index (χ3v) is 4.81. The predicted molar refractivity (Wildman–Crippen MR) is 108 cm³/mol. The van der Waals surface area contributed by atoms with E-state index in [0.29, 0.717) is 33.4 Å². The summed E-state index contributed by atoms with van der Waals surface area (Å²) in [5, 5.41) is 14.6. The summed E-state index contributed by atoms with van der Waals surface area (Å²) in [6, 6.07) is 12.6. The van der Waals surface area contributed by atoms with Crippen LogP contribution in [-0.4, -0.2) is 30.9 Å². The summed E-state index contributed by atoms with van der Waals surface area (Å²) < 4.78 is 14.6. The van der Waals surface area contributed by atoms with Crippen molar-refractivity contribution in [1.29, 1.82) is 0 Å². The molecule has 7 nitrogen and oxygen atoms in total. The summed E-state index contributed by atoms with van der Waals surface area (Å²) >= 11 is 12.3. The van der Waals surface area contributed by atoms with Gasteiger partial charge in [0, 0.05) is 21.2 Å². The highest BCUT2D eigenvalue weighted by atomic mass is 35.5. The third kappa shape index (κ3) is 4.28. The molecule has 0 atom stereocenters. The van der Waals surface area contributed by atoms with E-state index in [0.717, 1.165) is 0 Å². The zero-order valence-electron chi connectivity index (χ0n) is 14.7. The minimum atomic E-state index is -0.459. The molecule has 1 amide bonds. The monoisotopic (exact) mass is 430 g/mol. The van der Waals surface area contributed by atoms with Crippen molar-refractivity contribution in [1.82, 2.24) is 25.0 Å². The first kappa shape index (κ1) is 19.1. The maximum absolute atomic E-state index is 13.0. The van der Waals surface area contributed by atoms with Crippen molar-refractivity contribution in [2.24, 2.45) is 0 Å². The molecule has 2 heterocycles. The third-order valence-electron chi connectivity index (χ3n) is 4.11. The SMILES string of the molecule is O=C(Nc1ncn(Cc2c(Cl)cccc2Cl)n1)c1cc(-c2ccc(F)cc2)n[nH]1. The number of H-pyrrole nitrogens is 1. The first-order valence-corrected chi connectivity index (χ1v) is 9.20. The zero-order chi connectivity index (χ0) is 20.4. The Labute approximate surface area is 174 Å². The van der Waals surface area contributed by atoms with E-state index in [2.05, 4.69) is 25.6 Å². The minimum Gasteiger partial charge on any atom is -0.288 e. The summed E-state index contributed by atoms with van der Waals surface area (Å²) in [5.74, 6) is -0.683. The summed E-state index contributed by atoms with van der Waals surface area (Å²) in [7, 11) is 0. The molecule has 0 saturated heterocycles. The zero-order valence-corrected chi connectivity index (χ0v) is 16.2. The van der Waals surface area contributed by atoms with Gasteiger partial charge in [-0.05, 0) is 42.5 Å².